The van der Waals surface area contributed by atoms with Gasteiger partial charge in [-0.15, -0.1) is 0 Å². The molecule has 0 aliphatic carbocycles. The van der Waals surface area contributed by atoms with Gasteiger partial charge in [-0.2, -0.15) is 5.10 Å². The van der Waals surface area contributed by atoms with E-state index >= 15 is 0 Å². The summed E-state index contributed by atoms with van der Waals surface area (Å²) in [7, 11) is 3.18. The van der Waals surface area contributed by atoms with Crippen LogP contribution in [0.2, 0.25) is 0 Å². The van der Waals surface area contributed by atoms with Gasteiger partial charge in [0.1, 0.15) is 0 Å². The summed E-state index contributed by atoms with van der Waals surface area (Å²) in [5.74, 6) is 0.934. The summed E-state index contributed by atoms with van der Waals surface area (Å²) in [5, 5.41) is 6.93. The van der Waals surface area contributed by atoms with Gasteiger partial charge in [-0.05, 0) is 47.7 Å². The second kappa shape index (κ2) is 12.9. The van der Waals surface area contributed by atoms with Gasteiger partial charge in [-0.25, -0.2) is 5.43 Å². The van der Waals surface area contributed by atoms with E-state index in [-0.39, 0.29) is 24.7 Å². The first-order chi connectivity index (χ1) is 17.0. The van der Waals surface area contributed by atoms with E-state index < -0.39 is 0 Å². The quantitative estimate of drug-likeness (QED) is 0.323. The Morgan fingerprint density at radius 2 is 1.46 bits per heavy atom. The number of hydrogen-bond donors (Lipinski definition) is 2. The molecule has 0 atom stereocenters. The van der Waals surface area contributed by atoms with Crippen LogP contribution < -0.4 is 20.2 Å². The highest BCUT2D eigenvalue weighted by Gasteiger charge is 2.08. The van der Waals surface area contributed by atoms with Crippen LogP contribution >= 0.6 is 0 Å². The van der Waals surface area contributed by atoms with Crippen LogP contribution in [0.1, 0.15) is 24.5 Å². The fourth-order valence-corrected chi connectivity index (χ4v) is 3.55. The van der Waals surface area contributed by atoms with Crippen LogP contribution in [0.15, 0.2) is 77.9 Å². The molecule has 0 heterocycles. The monoisotopic (exact) mass is 473 g/mol. The predicted molar refractivity (Wildman–Crippen MR) is 138 cm³/mol. The van der Waals surface area contributed by atoms with Gasteiger partial charge < -0.3 is 14.8 Å². The molecule has 7 nitrogen and oxygen atoms in total. The number of amides is 2. The summed E-state index contributed by atoms with van der Waals surface area (Å²) in [4.78, 5) is 24.4. The standard InChI is InChI=1S/C28H31N3O4/c1-20(17-27(32)29-16-15-22-11-14-25(34-2)26(18-22)35-3)30-31-28(33)19-21-9-12-24(13-10-21)23-7-5-4-6-8-23/h4-14,18H,15-17,19H2,1-3H3,(H,29,32)(H,31,33). The lowest BCUT2D eigenvalue weighted by molar-refractivity contribution is -0.121. The Morgan fingerprint density at radius 1 is 0.800 bits per heavy atom. The molecule has 0 fully saturated rings. The normalized spacial score (nSPS) is 11.0. The van der Waals surface area contributed by atoms with Crippen molar-refractivity contribution < 1.29 is 19.1 Å². The fraction of sp³-hybridized carbons (Fsp3) is 0.250. The lowest BCUT2D eigenvalue weighted by Crippen LogP contribution is -2.28. The molecule has 2 amide bonds. The van der Waals surface area contributed by atoms with Crippen LogP contribution in [0, 0.1) is 0 Å². The molecule has 0 aliphatic heterocycles. The summed E-state index contributed by atoms with van der Waals surface area (Å²) < 4.78 is 10.5. The zero-order chi connectivity index (χ0) is 25.0. The third-order valence-electron chi connectivity index (χ3n) is 5.40. The topological polar surface area (TPSA) is 89.0 Å². The van der Waals surface area contributed by atoms with Crippen LogP contribution in [0.4, 0.5) is 0 Å². The van der Waals surface area contributed by atoms with Crippen LogP contribution in [0.25, 0.3) is 11.1 Å². The second-order valence-electron chi connectivity index (χ2n) is 8.09. The van der Waals surface area contributed by atoms with E-state index in [1.165, 1.54) is 0 Å². The van der Waals surface area contributed by atoms with Crippen molar-refractivity contribution in [3.05, 3.63) is 83.9 Å². The Balaban J connectivity index is 1.40. The van der Waals surface area contributed by atoms with Gasteiger partial charge in [0.2, 0.25) is 11.8 Å². The number of carbonyl (C=O) groups is 2. The van der Waals surface area contributed by atoms with Crippen molar-refractivity contribution in [2.24, 2.45) is 5.10 Å². The Labute approximate surface area is 206 Å². The summed E-state index contributed by atoms with van der Waals surface area (Å²) >= 11 is 0. The van der Waals surface area contributed by atoms with Crippen molar-refractivity contribution in [3.63, 3.8) is 0 Å². The predicted octanol–water partition coefficient (Wildman–Crippen LogP) is 4.15. The van der Waals surface area contributed by atoms with Crippen molar-refractivity contribution in [3.8, 4) is 22.6 Å². The van der Waals surface area contributed by atoms with E-state index in [2.05, 4.69) is 15.8 Å². The number of hydrazone groups is 1. The largest absolute Gasteiger partial charge is 0.493 e. The molecule has 3 rings (SSSR count). The molecule has 3 aromatic carbocycles. The highest BCUT2D eigenvalue weighted by molar-refractivity contribution is 6.00. The van der Waals surface area contributed by atoms with Gasteiger partial charge in [-0.1, -0.05) is 60.7 Å². The maximum Gasteiger partial charge on any atom is 0.244 e. The highest BCUT2D eigenvalue weighted by Crippen LogP contribution is 2.27. The number of ether oxygens (including phenoxy) is 2. The highest BCUT2D eigenvalue weighted by atomic mass is 16.5. The number of methoxy groups -OCH3 is 2. The van der Waals surface area contributed by atoms with Gasteiger partial charge in [0.15, 0.2) is 11.5 Å². The van der Waals surface area contributed by atoms with Crippen molar-refractivity contribution >= 4 is 17.5 Å². The first-order valence-corrected chi connectivity index (χ1v) is 11.4. The van der Waals surface area contributed by atoms with Gasteiger partial charge in [0, 0.05) is 12.3 Å². The van der Waals surface area contributed by atoms with Crippen molar-refractivity contribution in [2.45, 2.75) is 26.2 Å². The molecule has 0 aromatic heterocycles. The molecule has 0 saturated heterocycles. The van der Waals surface area contributed by atoms with E-state index in [1.54, 1.807) is 21.1 Å². The van der Waals surface area contributed by atoms with Crippen molar-refractivity contribution in [2.75, 3.05) is 20.8 Å². The number of carbonyl (C=O) groups excluding carboxylic acids is 2. The smallest absolute Gasteiger partial charge is 0.244 e. The van der Waals surface area contributed by atoms with Crippen molar-refractivity contribution in [1.29, 1.82) is 0 Å². The molecule has 7 heteroatoms. The summed E-state index contributed by atoms with van der Waals surface area (Å²) in [5.41, 5.74) is 7.21. The molecule has 35 heavy (non-hydrogen) atoms. The zero-order valence-corrected chi connectivity index (χ0v) is 20.3. The average molecular weight is 474 g/mol. The maximum absolute atomic E-state index is 12.2. The lowest BCUT2D eigenvalue weighted by atomic mass is 10.0. The molecule has 0 aliphatic rings. The molecule has 0 saturated carbocycles. The summed E-state index contributed by atoms with van der Waals surface area (Å²) in [6.45, 7) is 2.19. The Hall–Kier alpha value is -4.13. The maximum atomic E-state index is 12.2. The molecule has 2 N–H and O–H groups in total. The van der Waals surface area contributed by atoms with E-state index in [0.29, 0.717) is 30.2 Å². The number of hydrogen-bond acceptors (Lipinski definition) is 5. The Kier molecular flexibility index (Phi) is 9.42. The number of benzene rings is 3. The summed E-state index contributed by atoms with van der Waals surface area (Å²) in [6, 6.07) is 23.6. The third kappa shape index (κ3) is 7.99. The number of nitrogens with one attached hydrogen (secondary N) is 2. The Morgan fingerprint density at radius 3 is 2.14 bits per heavy atom. The number of nitrogens with zero attached hydrogens (tertiary/aromatic N) is 1. The SMILES string of the molecule is COc1ccc(CCNC(=O)CC(C)=NNC(=O)Cc2ccc(-c3ccccc3)cc2)cc1OC. The minimum Gasteiger partial charge on any atom is -0.493 e. The van der Waals surface area contributed by atoms with E-state index in [0.717, 1.165) is 22.3 Å². The van der Waals surface area contributed by atoms with E-state index in [4.69, 9.17) is 9.47 Å². The minimum absolute atomic E-state index is 0.109. The van der Waals surface area contributed by atoms with Gasteiger partial charge >= 0.3 is 0 Å². The molecule has 182 valence electrons. The van der Waals surface area contributed by atoms with Gasteiger partial charge in [0.25, 0.3) is 0 Å². The lowest BCUT2D eigenvalue weighted by Gasteiger charge is -2.10. The van der Waals surface area contributed by atoms with Crippen LogP contribution in [-0.4, -0.2) is 38.3 Å². The second-order valence-corrected chi connectivity index (χ2v) is 8.09. The molecular weight excluding hydrogens is 442 g/mol. The molecule has 0 radical (unpaired) electrons. The number of rotatable bonds is 11. The van der Waals surface area contributed by atoms with E-state index in [1.807, 2.05) is 72.8 Å². The van der Waals surface area contributed by atoms with E-state index in [9.17, 15) is 9.59 Å². The zero-order valence-electron chi connectivity index (χ0n) is 20.3. The molecule has 0 bridgehead atoms. The van der Waals surface area contributed by atoms with Crippen molar-refractivity contribution in [1.82, 2.24) is 10.7 Å². The summed E-state index contributed by atoms with van der Waals surface area (Å²) in [6.07, 6.45) is 0.976. The Bertz CT molecular complexity index is 1160. The first kappa shape index (κ1) is 25.5. The molecule has 0 spiro atoms. The van der Waals surface area contributed by atoms with Crippen LogP contribution in [0.5, 0.6) is 11.5 Å². The average Bonchev–Trinajstić information content (AvgIpc) is 2.88. The fourth-order valence-electron chi connectivity index (χ4n) is 3.55. The minimum atomic E-state index is -0.231. The first-order valence-electron chi connectivity index (χ1n) is 11.4. The molecule has 3 aromatic rings. The molecular formula is C28H31N3O4. The molecule has 0 unspecified atom stereocenters. The van der Waals surface area contributed by atoms with Crippen LogP contribution in [0.3, 0.4) is 0 Å². The third-order valence-corrected chi connectivity index (χ3v) is 5.40. The van der Waals surface area contributed by atoms with Crippen LogP contribution in [-0.2, 0) is 22.4 Å². The van der Waals surface area contributed by atoms with Gasteiger partial charge in [-0.3, -0.25) is 9.59 Å². The van der Waals surface area contributed by atoms with Gasteiger partial charge in [0.05, 0.1) is 27.1 Å².